The second kappa shape index (κ2) is 49.4. The summed E-state index contributed by atoms with van der Waals surface area (Å²) in [5.41, 5.74) is 18.9. The number of hydrogen-bond donors (Lipinski definition) is 0. The molecule has 24 heteroatoms. The molecule has 24 nitrogen and oxygen atoms in total. The maximum Gasteiger partial charge on any atom is 0.420 e. The Morgan fingerprint density at radius 3 is 0.993 bits per heavy atom. The number of aromatic nitrogens is 12. The summed E-state index contributed by atoms with van der Waals surface area (Å²) < 4.78 is 41.2. The molecule has 140 heavy (non-hydrogen) atoms. The van der Waals surface area contributed by atoms with E-state index in [1.54, 1.807) is 23.2 Å². The number of imidazole rings is 6. The smallest absolute Gasteiger partial charge is 0.420 e. The molecule has 0 saturated carbocycles. The van der Waals surface area contributed by atoms with Crippen LogP contribution >= 0.6 is 0 Å². The van der Waals surface area contributed by atoms with Gasteiger partial charge in [0.05, 0.1) is 50.9 Å². The molecule has 0 saturated heterocycles. The Morgan fingerprint density at radius 1 is 0.250 bits per heavy atom. The van der Waals surface area contributed by atoms with E-state index in [1.807, 2.05) is 439 Å². The summed E-state index contributed by atoms with van der Waals surface area (Å²) in [7, 11) is 0. The molecule has 0 aliphatic rings. The molecule has 0 radical (unpaired) electrons. The summed E-state index contributed by atoms with van der Waals surface area (Å²) in [5, 5.41) is 0. The maximum absolute atomic E-state index is 13.6. The van der Waals surface area contributed by atoms with Gasteiger partial charge in [-0.1, -0.05) is 413 Å². The van der Waals surface area contributed by atoms with Gasteiger partial charge in [0.1, 0.15) is 70.3 Å². The molecule has 0 atom stereocenters. The van der Waals surface area contributed by atoms with Gasteiger partial charge in [-0.25, -0.2) is 86.1 Å². The molecule has 20 aromatic rings. The normalized spacial score (nSPS) is 10.5. The van der Waals surface area contributed by atoms with Crippen LogP contribution in [0.3, 0.4) is 0 Å². The molecule has 6 heterocycles. The predicted octanol–water partition coefficient (Wildman–Crippen LogP) is 26.4. The third-order valence-electron chi connectivity index (χ3n) is 21.5. The van der Waals surface area contributed by atoms with Crippen molar-refractivity contribution in [2.24, 2.45) is 0 Å². The van der Waals surface area contributed by atoms with E-state index in [0.717, 1.165) is 123 Å². The average Bonchev–Trinajstić information content (AvgIpc) is 1.60. The van der Waals surface area contributed by atoms with E-state index in [-0.39, 0.29) is 45.7 Å². The molecular formula is C116H98N12O12. The number of rotatable bonds is 20. The van der Waals surface area contributed by atoms with Crippen LogP contribution in [0.1, 0.15) is 57.5 Å². The molecule has 0 N–H and O–H groups in total. The highest BCUT2D eigenvalue weighted by molar-refractivity contribution is 5.92. The van der Waals surface area contributed by atoms with Gasteiger partial charge >= 0.3 is 36.6 Å². The van der Waals surface area contributed by atoms with E-state index in [4.69, 9.17) is 33.4 Å². The Balaban J connectivity index is 0.000000129. The Morgan fingerprint density at radius 2 is 0.564 bits per heavy atom. The Hall–Kier alpha value is -18.6. The molecule has 0 aliphatic carbocycles. The molecule has 0 fully saturated rings. The number of nitrogens with zero attached hydrogens (tertiary/aromatic N) is 12. The Kier molecular flexibility index (Phi) is 33.9. The van der Waals surface area contributed by atoms with Crippen molar-refractivity contribution in [3.8, 4) is 79.1 Å². The van der Waals surface area contributed by atoms with Crippen molar-refractivity contribution in [2.75, 3.05) is 0 Å². The van der Waals surface area contributed by atoms with Gasteiger partial charge < -0.3 is 28.4 Å². The average molecular weight is 1850 g/mol. The molecule has 694 valence electrons. The predicted molar refractivity (Wildman–Crippen MR) is 540 cm³/mol. The van der Waals surface area contributed by atoms with Gasteiger partial charge in [-0.2, -0.15) is 0 Å². The summed E-state index contributed by atoms with van der Waals surface area (Å²) in [6, 6.07) is 133. The lowest BCUT2D eigenvalue weighted by atomic mass is 10.0. The molecule has 0 bridgehead atoms. The van der Waals surface area contributed by atoms with Crippen LogP contribution < -0.4 is 0 Å². The number of ether oxygens (including phenoxy) is 6. The number of benzene rings is 14. The monoisotopic (exact) mass is 1850 g/mol. The fourth-order valence-electron chi connectivity index (χ4n) is 14.6. The first-order chi connectivity index (χ1) is 68.7. The van der Waals surface area contributed by atoms with Gasteiger partial charge in [0.2, 0.25) is 0 Å². The lowest BCUT2D eigenvalue weighted by Gasteiger charge is -2.13. The van der Waals surface area contributed by atoms with Crippen LogP contribution in [0.4, 0.5) is 28.8 Å². The van der Waals surface area contributed by atoms with Gasteiger partial charge in [-0.3, -0.25) is 0 Å². The van der Waals surface area contributed by atoms with Crippen molar-refractivity contribution in [3.05, 3.63) is 507 Å². The zero-order valence-electron chi connectivity index (χ0n) is 77.0. The van der Waals surface area contributed by atoms with Gasteiger partial charge in [0, 0.05) is 64.0 Å². The minimum atomic E-state index is -0.466. The molecule has 0 unspecified atom stereocenters. The van der Waals surface area contributed by atoms with E-state index in [2.05, 4.69) is 24.9 Å². The first kappa shape index (κ1) is 96.0. The molecule has 0 spiro atoms. The topological polar surface area (TPSA) is 265 Å². The number of para-hydroxylation sites is 2. The van der Waals surface area contributed by atoms with Crippen LogP contribution in [-0.4, -0.2) is 93.9 Å². The van der Waals surface area contributed by atoms with Crippen LogP contribution in [0.5, 0.6) is 0 Å². The van der Waals surface area contributed by atoms with Gasteiger partial charge in [0.25, 0.3) is 0 Å². The molecule has 6 aromatic heterocycles. The van der Waals surface area contributed by atoms with E-state index in [1.165, 1.54) is 41.8 Å². The van der Waals surface area contributed by atoms with E-state index in [9.17, 15) is 28.8 Å². The molecular weight excluding hydrogens is 1750 g/mol. The van der Waals surface area contributed by atoms with Crippen molar-refractivity contribution in [1.82, 2.24) is 57.3 Å². The standard InChI is InChI=1S/C29H22N2O2.C23H18N2O2.C18H16N2O2.C17H14N2O2.C15H12N2O2.C14H16N2O2/c32-29(33-21-22-13-5-1-6-14-22)31-27(24-17-9-3-10-18-24)26(23-15-7-2-8-16-23)30-28(31)25-19-11-4-12-20-25;26-23(27-16-18-10-4-1-5-11-18)25-17-24-21(19-12-6-2-7-13-19)22(25)20-14-8-3-9-15-20;1-14-12-20(17(19-14)16-10-6-3-7-11-16)18(21)22-13-15-8-4-2-5-9-15;20-17(21-12-14-7-3-1-4-8-14)19-11-16(18-13-19)15-9-5-2-6-10-15;18-15(19-10-12-6-2-1-3-7-12)17-11-16-13-8-4-5-9-14(13)17;1-3-13-15-11(2)9-16(13)14(17)18-10-12-7-5-4-6-8-12/h1-20H,21H2;1-15,17H,16H2;2-12H,13H2,1H3;1-11,13H,12H2;1-9,11H,10H2;4-9H,3,10H2,1-2H3. The van der Waals surface area contributed by atoms with Gasteiger partial charge in [0.15, 0.2) is 5.82 Å². The van der Waals surface area contributed by atoms with E-state index >= 15 is 0 Å². The fourth-order valence-corrected chi connectivity index (χ4v) is 14.6. The summed E-state index contributed by atoms with van der Waals surface area (Å²) in [4.78, 5) is 101. The van der Waals surface area contributed by atoms with Crippen molar-refractivity contribution in [2.45, 2.75) is 66.8 Å². The van der Waals surface area contributed by atoms with Crippen molar-refractivity contribution in [1.29, 1.82) is 0 Å². The van der Waals surface area contributed by atoms with Crippen molar-refractivity contribution in [3.63, 3.8) is 0 Å². The van der Waals surface area contributed by atoms with Crippen molar-refractivity contribution < 1.29 is 57.2 Å². The number of carbonyl (C=O) groups is 6. The summed E-state index contributed by atoms with van der Waals surface area (Å²) in [6.45, 7) is 7.10. The molecule has 20 rings (SSSR count). The van der Waals surface area contributed by atoms with Crippen LogP contribution in [0.25, 0.3) is 90.1 Å². The first-order valence-corrected chi connectivity index (χ1v) is 45.2. The number of aryl methyl sites for hydroxylation is 3. The highest BCUT2D eigenvalue weighted by atomic mass is 16.6. The molecule has 0 amide bonds. The van der Waals surface area contributed by atoms with Gasteiger partial charge in [-0.15, -0.1) is 0 Å². The molecule has 0 aliphatic heterocycles. The minimum Gasteiger partial charge on any atom is -0.444 e. The Bertz CT molecular complexity index is 7330. The zero-order chi connectivity index (χ0) is 96.8. The lowest BCUT2D eigenvalue weighted by Crippen LogP contribution is -2.16. The second-order valence-corrected chi connectivity index (χ2v) is 31.5. The van der Waals surface area contributed by atoms with E-state index < -0.39 is 30.5 Å². The van der Waals surface area contributed by atoms with Crippen LogP contribution in [0.2, 0.25) is 0 Å². The number of carbonyl (C=O) groups excluding carboxylic acids is 6. The largest absolute Gasteiger partial charge is 0.444 e. The second-order valence-electron chi connectivity index (χ2n) is 31.5. The first-order valence-electron chi connectivity index (χ1n) is 45.2. The molecule has 14 aromatic carbocycles. The minimum absolute atomic E-state index is 0.182. The fraction of sp³-hybridized carbons (Fsp3) is 0.0862. The van der Waals surface area contributed by atoms with Crippen LogP contribution in [0, 0.1) is 13.8 Å². The Labute approximate surface area is 809 Å². The number of fused-ring (bicyclic) bond motifs is 1. The zero-order valence-corrected chi connectivity index (χ0v) is 77.0. The third-order valence-corrected chi connectivity index (χ3v) is 21.5. The number of hydrogen-bond acceptors (Lipinski definition) is 18. The SMILES string of the molecule is CCc1nc(C)cn1C(=O)OCc1ccccc1.Cc1cn(C(=O)OCc2ccccc2)c(-c2ccccc2)n1.O=C(OCc1ccccc1)n1c(-c2ccccc2)nc(-c2ccccc2)c1-c1ccccc1.O=C(OCc1ccccc1)n1cnc(-c2ccccc2)c1.O=C(OCc1ccccc1)n1cnc(-c2ccccc2)c1-c1ccccc1.O=C(OCc1ccccc1)n1cnc2ccccc21. The van der Waals surface area contributed by atoms with Crippen LogP contribution in [-0.2, 0) is 74.5 Å². The third kappa shape index (κ3) is 26.5. The summed E-state index contributed by atoms with van der Waals surface area (Å²) in [5.74, 6) is 1.87. The van der Waals surface area contributed by atoms with E-state index in [0.29, 0.717) is 23.8 Å². The highest BCUT2D eigenvalue weighted by Gasteiger charge is 2.28. The van der Waals surface area contributed by atoms with Crippen LogP contribution in [0.15, 0.2) is 456 Å². The highest BCUT2D eigenvalue weighted by Crippen LogP contribution is 2.38. The maximum atomic E-state index is 13.6. The van der Waals surface area contributed by atoms with Crippen molar-refractivity contribution >= 4 is 47.6 Å². The summed E-state index contributed by atoms with van der Waals surface area (Å²) in [6.07, 6.45) is 7.66. The summed E-state index contributed by atoms with van der Waals surface area (Å²) >= 11 is 0. The quantitative estimate of drug-likeness (QED) is 0.0642. The van der Waals surface area contributed by atoms with Gasteiger partial charge in [-0.05, 0) is 59.4 Å². The lowest BCUT2D eigenvalue weighted by molar-refractivity contribution is 0.140.